The zero-order chi connectivity index (χ0) is 12.1. The van der Waals surface area contributed by atoms with Crippen LogP contribution in [0, 0.1) is 11.8 Å². The van der Waals surface area contributed by atoms with Gasteiger partial charge < -0.3 is 15.1 Å². The topological polar surface area (TPSA) is 18.5 Å². The minimum absolute atomic E-state index is 0.815. The van der Waals surface area contributed by atoms with Gasteiger partial charge >= 0.3 is 0 Å². The van der Waals surface area contributed by atoms with Crippen LogP contribution in [-0.4, -0.2) is 62.7 Å². The van der Waals surface area contributed by atoms with Crippen molar-refractivity contribution in [2.45, 2.75) is 26.2 Å². The van der Waals surface area contributed by atoms with Crippen LogP contribution in [0.25, 0.3) is 0 Å². The van der Waals surface area contributed by atoms with Crippen LogP contribution in [0.2, 0.25) is 0 Å². The largest absolute Gasteiger partial charge is 0.315 e. The van der Waals surface area contributed by atoms with Crippen molar-refractivity contribution in [1.82, 2.24) is 15.1 Å². The second-order valence-corrected chi connectivity index (χ2v) is 6.15. The molecule has 0 spiro atoms. The van der Waals surface area contributed by atoms with E-state index in [2.05, 4.69) is 29.1 Å². The molecule has 0 aromatic heterocycles. The van der Waals surface area contributed by atoms with Gasteiger partial charge in [0.25, 0.3) is 0 Å². The first-order valence-corrected chi connectivity index (χ1v) is 7.35. The second kappa shape index (κ2) is 6.72. The molecule has 0 amide bonds. The van der Waals surface area contributed by atoms with Crippen LogP contribution < -0.4 is 5.32 Å². The lowest BCUT2D eigenvalue weighted by Crippen LogP contribution is -2.34. The van der Waals surface area contributed by atoms with Gasteiger partial charge in [0.1, 0.15) is 0 Å². The number of hydrogen-bond donors (Lipinski definition) is 1. The number of nitrogens with zero attached hydrogens (tertiary/aromatic N) is 2. The van der Waals surface area contributed by atoms with Crippen LogP contribution in [0.1, 0.15) is 26.2 Å². The highest BCUT2D eigenvalue weighted by molar-refractivity contribution is 4.74. The molecule has 0 aliphatic carbocycles. The maximum Gasteiger partial charge on any atom is 0.0107 e. The molecule has 2 rings (SSSR count). The fourth-order valence-corrected chi connectivity index (χ4v) is 3.10. The molecule has 1 unspecified atom stereocenters. The summed E-state index contributed by atoms with van der Waals surface area (Å²) in [6.07, 6.45) is 4.25. The summed E-state index contributed by atoms with van der Waals surface area (Å²) in [5.41, 5.74) is 0. The van der Waals surface area contributed by atoms with E-state index in [1.165, 1.54) is 65.1 Å². The van der Waals surface area contributed by atoms with Gasteiger partial charge in [-0.15, -0.1) is 0 Å². The standard InChI is InChI=1S/C14H29N3/c1-13-11-15-6-10-17(12-13)9-5-14-3-7-16(2)8-4-14/h13-15H,3-12H2,1-2H3. The minimum atomic E-state index is 0.815. The summed E-state index contributed by atoms with van der Waals surface area (Å²) >= 11 is 0. The molecule has 0 radical (unpaired) electrons. The summed E-state index contributed by atoms with van der Waals surface area (Å²) in [4.78, 5) is 5.14. The monoisotopic (exact) mass is 239 g/mol. The summed E-state index contributed by atoms with van der Waals surface area (Å²) in [6, 6.07) is 0. The first kappa shape index (κ1) is 13.3. The molecule has 2 saturated heterocycles. The molecule has 17 heavy (non-hydrogen) atoms. The average Bonchev–Trinajstić information content (AvgIpc) is 2.53. The van der Waals surface area contributed by atoms with Crippen molar-refractivity contribution in [2.75, 3.05) is 52.9 Å². The number of likely N-dealkylation sites (tertiary alicyclic amines) is 1. The van der Waals surface area contributed by atoms with Gasteiger partial charge in [-0.2, -0.15) is 0 Å². The maximum atomic E-state index is 3.52. The van der Waals surface area contributed by atoms with Crippen LogP contribution in [0.15, 0.2) is 0 Å². The van der Waals surface area contributed by atoms with Gasteiger partial charge in [0.2, 0.25) is 0 Å². The molecule has 0 aromatic carbocycles. The Kier molecular flexibility index (Phi) is 5.26. The molecule has 2 aliphatic heterocycles. The number of rotatable bonds is 3. The molecular formula is C14H29N3. The highest BCUT2D eigenvalue weighted by atomic mass is 15.2. The lowest BCUT2D eigenvalue weighted by atomic mass is 9.93. The third-order valence-corrected chi connectivity index (χ3v) is 4.36. The lowest BCUT2D eigenvalue weighted by molar-refractivity contribution is 0.184. The van der Waals surface area contributed by atoms with E-state index in [4.69, 9.17) is 0 Å². The van der Waals surface area contributed by atoms with E-state index in [9.17, 15) is 0 Å². The minimum Gasteiger partial charge on any atom is -0.315 e. The molecule has 2 heterocycles. The Morgan fingerprint density at radius 3 is 2.71 bits per heavy atom. The average molecular weight is 239 g/mol. The summed E-state index contributed by atoms with van der Waals surface area (Å²) in [6.45, 7) is 11.2. The number of piperidine rings is 1. The summed E-state index contributed by atoms with van der Waals surface area (Å²) < 4.78 is 0. The van der Waals surface area contributed by atoms with E-state index >= 15 is 0 Å². The third kappa shape index (κ3) is 4.57. The Balaban J connectivity index is 1.66. The van der Waals surface area contributed by atoms with Gasteiger partial charge in [-0.3, -0.25) is 0 Å². The highest BCUT2D eigenvalue weighted by Crippen LogP contribution is 2.20. The van der Waals surface area contributed by atoms with Crippen molar-refractivity contribution in [3.05, 3.63) is 0 Å². The summed E-state index contributed by atoms with van der Waals surface area (Å²) in [7, 11) is 2.25. The van der Waals surface area contributed by atoms with Crippen molar-refractivity contribution >= 4 is 0 Å². The molecule has 0 saturated carbocycles. The Labute approximate surface area is 107 Å². The molecule has 2 fully saturated rings. The first-order valence-electron chi connectivity index (χ1n) is 7.35. The molecule has 3 heteroatoms. The maximum absolute atomic E-state index is 3.52. The molecular weight excluding hydrogens is 210 g/mol. The molecule has 2 aliphatic rings. The Bertz CT molecular complexity index is 212. The van der Waals surface area contributed by atoms with Gasteiger partial charge in [-0.1, -0.05) is 6.92 Å². The molecule has 3 nitrogen and oxygen atoms in total. The van der Waals surface area contributed by atoms with E-state index in [0.717, 1.165) is 11.8 Å². The van der Waals surface area contributed by atoms with Crippen LogP contribution >= 0.6 is 0 Å². The van der Waals surface area contributed by atoms with Gasteiger partial charge in [0.05, 0.1) is 0 Å². The van der Waals surface area contributed by atoms with E-state index in [0.29, 0.717) is 0 Å². The SMILES string of the molecule is CC1CNCCN(CCC2CCN(C)CC2)C1. The van der Waals surface area contributed by atoms with Crippen molar-refractivity contribution in [2.24, 2.45) is 11.8 Å². The third-order valence-electron chi connectivity index (χ3n) is 4.36. The van der Waals surface area contributed by atoms with Crippen molar-refractivity contribution in [3.8, 4) is 0 Å². The predicted molar refractivity (Wildman–Crippen MR) is 73.3 cm³/mol. The van der Waals surface area contributed by atoms with Crippen molar-refractivity contribution in [1.29, 1.82) is 0 Å². The second-order valence-electron chi connectivity index (χ2n) is 6.15. The fourth-order valence-electron chi connectivity index (χ4n) is 3.10. The highest BCUT2D eigenvalue weighted by Gasteiger charge is 2.19. The van der Waals surface area contributed by atoms with E-state index in [-0.39, 0.29) is 0 Å². The van der Waals surface area contributed by atoms with Crippen LogP contribution in [0.3, 0.4) is 0 Å². The van der Waals surface area contributed by atoms with Crippen LogP contribution in [0.5, 0.6) is 0 Å². The summed E-state index contributed by atoms with van der Waals surface area (Å²) in [5, 5.41) is 3.52. The molecule has 0 aromatic rings. The first-order chi connectivity index (χ1) is 8.24. The molecule has 1 N–H and O–H groups in total. The number of nitrogens with one attached hydrogen (secondary N) is 1. The van der Waals surface area contributed by atoms with E-state index < -0.39 is 0 Å². The molecule has 0 bridgehead atoms. The predicted octanol–water partition coefficient (Wildman–Crippen LogP) is 1.26. The Morgan fingerprint density at radius 1 is 1.18 bits per heavy atom. The zero-order valence-electron chi connectivity index (χ0n) is 11.6. The van der Waals surface area contributed by atoms with Gasteiger partial charge in [0, 0.05) is 19.6 Å². The van der Waals surface area contributed by atoms with E-state index in [1.54, 1.807) is 0 Å². The van der Waals surface area contributed by atoms with Gasteiger partial charge in [0.15, 0.2) is 0 Å². The zero-order valence-corrected chi connectivity index (χ0v) is 11.6. The van der Waals surface area contributed by atoms with Crippen LogP contribution in [-0.2, 0) is 0 Å². The molecule has 100 valence electrons. The Hall–Kier alpha value is -0.120. The van der Waals surface area contributed by atoms with Gasteiger partial charge in [-0.05, 0) is 64.3 Å². The lowest BCUT2D eigenvalue weighted by Gasteiger charge is -2.31. The molecule has 1 atom stereocenters. The Morgan fingerprint density at radius 2 is 1.94 bits per heavy atom. The summed E-state index contributed by atoms with van der Waals surface area (Å²) in [5.74, 6) is 1.80. The van der Waals surface area contributed by atoms with E-state index in [1.807, 2.05) is 0 Å². The number of hydrogen-bond acceptors (Lipinski definition) is 3. The smallest absolute Gasteiger partial charge is 0.0107 e. The fraction of sp³-hybridized carbons (Fsp3) is 1.00. The van der Waals surface area contributed by atoms with Gasteiger partial charge in [-0.25, -0.2) is 0 Å². The van der Waals surface area contributed by atoms with Crippen LogP contribution in [0.4, 0.5) is 0 Å². The quantitative estimate of drug-likeness (QED) is 0.800. The van der Waals surface area contributed by atoms with Crippen molar-refractivity contribution < 1.29 is 0 Å². The normalized spacial score (nSPS) is 30.4. The van der Waals surface area contributed by atoms with Crippen molar-refractivity contribution in [3.63, 3.8) is 0 Å².